The van der Waals surface area contributed by atoms with Gasteiger partial charge in [-0.15, -0.1) is 5.10 Å². The maximum atomic E-state index is 11.7. The predicted molar refractivity (Wildman–Crippen MR) is 117 cm³/mol. The summed E-state index contributed by atoms with van der Waals surface area (Å²) in [6.07, 6.45) is -0.00423. The van der Waals surface area contributed by atoms with Gasteiger partial charge in [0.15, 0.2) is 15.0 Å². The van der Waals surface area contributed by atoms with E-state index in [1.807, 2.05) is 6.92 Å². The van der Waals surface area contributed by atoms with Crippen molar-refractivity contribution < 1.29 is 28.1 Å². The number of fused-ring (bicyclic) bond motifs is 1. The zero-order chi connectivity index (χ0) is 22.9. The highest BCUT2D eigenvalue weighted by Crippen LogP contribution is 2.34. The summed E-state index contributed by atoms with van der Waals surface area (Å²) in [6.45, 7) is 2.81. The number of aliphatic hydroxyl groups is 2. The Bertz CT molecular complexity index is 1090. The molecule has 32 heavy (non-hydrogen) atoms. The molecule has 1 aromatic carbocycles. The van der Waals surface area contributed by atoms with Crippen LogP contribution in [0.3, 0.4) is 0 Å². The third kappa shape index (κ3) is 5.07. The summed E-state index contributed by atoms with van der Waals surface area (Å²) in [5.41, 5.74) is 0.157. The summed E-state index contributed by atoms with van der Waals surface area (Å²) >= 11 is 1.39. The van der Waals surface area contributed by atoms with Gasteiger partial charge in [-0.1, -0.05) is 23.0 Å². The highest BCUT2D eigenvalue weighted by atomic mass is 32.2. The van der Waals surface area contributed by atoms with E-state index >= 15 is 0 Å². The maximum absolute atomic E-state index is 11.7. The zero-order valence-corrected chi connectivity index (χ0v) is 19.2. The Morgan fingerprint density at radius 1 is 1.34 bits per heavy atom. The number of nitrogens with zero attached hydrogens (tertiary/aromatic N) is 4. The SMILES string of the molecule is CCN=C1N[C@@H]2[C@@H](O)[C@H](O)[C@@H](Cn3cc(COc4cccc(S(C)(=O)=O)c4)nn3)O[C@@H]2S1. The van der Waals surface area contributed by atoms with Crippen molar-refractivity contribution in [2.24, 2.45) is 4.99 Å². The van der Waals surface area contributed by atoms with Crippen LogP contribution < -0.4 is 10.1 Å². The number of ether oxygens (including phenoxy) is 2. The fourth-order valence-electron chi connectivity index (χ4n) is 3.48. The van der Waals surface area contributed by atoms with Crippen LogP contribution in [0.2, 0.25) is 0 Å². The molecule has 11 nitrogen and oxygen atoms in total. The highest BCUT2D eigenvalue weighted by Gasteiger charge is 2.49. The van der Waals surface area contributed by atoms with Crippen molar-refractivity contribution in [2.75, 3.05) is 12.8 Å². The van der Waals surface area contributed by atoms with Gasteiger partial charge in [-0.05, 0) is 25.1 Å². The molecule has 0 unspecified atom stereocenters. The average Bonchev–Trinajstić information content (AvgIpc) is 3.37. The molecule has 0 amide bonds. The first kappa shape index (κ1) is 23.0. The van der Waals surface area contributed by atoms with E-state index in [0.717, 1.165) is 6.26 Å². The number of nitrogens with one attached hydrogen (secondary N) is 1. The second kappa shape index (κ2) is 9.35. The third-order valence-electron chi connectivity index (χ3n) is 5.09. The zero-order valence-electron chi connectivity index (χ0n) is 17.5. The van der Waals surface area contributed by atoms with E-state index < -0.39 is 34.2 Å². The molecule has 3 heterocycles. The fourth-order valence-corrected chi connectivity index (χ4v) is 5.34. The number of aliphatic imine (C=N–C) groups is 1. The number of sulfone groups is 1. The predicted octanol–water partition coefficient (Wildman–Crippen LogP) is -0.212. The molecule has 5 atom stereocenters. The van der Waals surface area contributed by atoms with Gasteiger partial charge in [0, 0.05) is 12.8 Å². The summed E-state index contributed by atoms with van der Waals surface area (Å²) in [5.74, 6) is 0.401. The lowest BCUT2D eigenvalue weighted by atomic mass is 9.98. The minimum absolute atomic E-state index is 0.0885. The minimum atomic E-state index is -3.33. The van der Waals surface area contributed by atoms with Crippen molar-refractivity contribution in [1.29, 1.82) is 0 Å². The molecule has 1 aromatic heterocycles. The van der Waals surface area contributed by atoms with Gasteiger partial charge < -0.3 is 25.0 Å². The average molecular weight is 484 g/mol. The lowest BCUT2D eigenvalue weighted by Gasteiger charge is -2.38. The number of aromatic nitrogens is 3. The molecule has 2 aromatic rings. The quantitative estimate of drug-likeness (QED) is 0.483. The van der Waals surface area contributed by atoms with E-state index in [1.165, 1.54) is 28.6 Å². The van der Waals surface area contributed by atoms with E-state index in [9.17, 15) is 18.6 Å². The molecule has 0 spiro atoms. The second-order valence-electron chi connectivity index (χ2n) is 7.56. The van der Waals surface area contributed by atoms with Gasteiger partial charge >= 0.3 is 0 Å². The maximum Gasteiger partial charge on any atom is 0.175 e. The number of benzene rings is 1. The van der Waals surface area contributed by atoms with Crippen LogP contribution in [0, 0.1) is 0 Å². The van der Waals surface area contributed by atoms with E-state index in [4.69, 9.17) is 9.47 Å². The van der Waals surface area contributed by atoms with Crippen molar-refractivity contribution >= 4 is 26.8 Å². The van der Waals surface area contributed by atoms with Gasteiger partial charge in [0.25, 0.3) is 0 Å². The van der Waals surface area contributed by atoms with Crippen LogP contribution >= 0.6 is 11.8 Å². The smallest absolute Gasteiger partial charge is 0.175 e. The Kier molecular flexibility index (Phi) is 6.72. The number of thioether (sulfide) groups is 1. The molecule has 0 radical (unpaired) electrons. The molecule has 13 heteroatoms. The summed E-state index contributed by atoms with van der Waals surface area (Å²) < 4.78 is 36.5. The first-order chi connectivity index (χ1) is 15.2. The largest absolute Gasteiger partial charge is 0.487 e. The van der Waals surface area contributed by atoms with Crippen LogP contribution in [0.1, 0.15) is 12.6 Å². The molecular formula is C19H25N5O6S2. The van der Waals surface area contributed by atoms with Crippen LogP contribution in [0.5, 0.6) is 5.75 Å². The van der Waals surface area contributed by atoms with Crippen molar-refractivity contribution in [2.45, 2.75) is 54.8 Å². The van der Waals surface area contributed by atoms with Crippen molar-refractivity contribution in [1.82, 2.24) is 20.3 Å². The van der Waals surface area contributed by atoms with Gasteiger partial charge in [0.05, 0.1) is 23.7 Å². The number of amidine groups is 1. The molecule has 3 N–H and O–H groups in total. The van der Waals surface area contributed by atoms with E-state index in [0.29, 0.717) is 23.2 Å². The Balaban J connectivity index is 1.37. The molecule has 4 rings (SSSR count). The van der Waals surface area contributed by atoms with E-state index in [2.05, 4.69) is 20.6 Å². The first-order valence-electron chi connectivity index (χ1n) is 10.1. The molecule has 2 aliphatic rings. The Morgan fingerprint density at radius 2 is 2.16 bits per heavy atom. The van der Waals surface area contributed by atoms with Gasteiger partial charge in [-0.2, -0.15) is 0 Å². The summed E-state index contributed by atoms with van der Waals surface area (Å²) in [4.78, 5) is 4.48. The van der Waals surface area contributed by atoms with Crippen molar-refractivity contribution in [3.63, 3.8) is 0 Å². The summed E-state index contributed by atoms with van der Waals surface area (Å²) in [6, 6.07) is 5.79. The molecular weight excluding hydrogens is 458 g/mol. The number of rotatable bonds is 7. The minimum Gasteiger partial charge on any atom is -0.487 e. The lowest BCUT2D eigenvalue weighted by molar-refractivity contribution is -0.160. The molecule has 174 valence electrons. The Labute approximate surface area is 189 Å². The highest BCUT2D eigenvalue weighted by molar-refractivity contribution is 8.14. The molecule has 2 fully saturated rings. The first-order valence-corrected chi connectivity index (χ1v) is 12.8. The van der Waals surface area contributed by atoms with Crippen LogP contribution in [0.15, 0.2) is 40.4 Å². The van der Waals surface area contributed by atoms with Gasteiger partial charge in [-0.25, -0.2) is 13.1 Å². The fraction of sp³-hybridized carbons (Fsp3) is 0.526. The van der Waals surface area contributed by atoms with Gasteiger partial charge in [0.1, 0.15) is 41.8 Å². The molecule has 2 aliphatic heterocycles. The van der Waals surface area contributed by atoms with Crippen LogP contribution in [0.4, 0.5) is 0 Å². The van der Waals surface area contributed by atoms with Crippen LogP contribution in [-0.4, -0.2) is 81.4 Å². The molecule has 2 saturated heterocycles. The number of hydrogen-bond acceptors (Lipinski definition) is 10. The van der Waals surface area contributed by atoms with E-state index in [-0.39, 0.29) is 23.5 Å². The standard InChI is InChI=1S/C19H25N5O6S2/c1-3-20-19-21-15-17(26)16(25)14(30-18(15)31-19)9-24-8-11(22-23-24)10-29-12-5-4-6-13(7-12)32(2,27)28/h4-8,14-18,25-26H,3,9-10H2,1-2H3,(H,20,21)/t14-,15-,16-,17-,18-/m1/s1. The van der Waals surface area contributed by atoms with Crippen LogP contribution in [-0.2, 0) is 27.7 Å². The Hall–Kier alpha value is -2.19. The second-order valence-corrected chi connectivity index (χ2v) is 10.7. The molecule has 0 bridgehead atoms. The number of hydrogen-bond donors (Lipinski definition) is 3. The summed E-state index contributed by atoms with van der Waals surface area (Å²) in [5, 5.41) is 32.9. The number of aliphatic hydroxyl groups excluding tert-OH is 2. The van der Waals surface area contributed by atoms with E-state index in [1.54, 1.807) is 18.3 Å². The van der Waals surface area contributed by atoms with Gasteiger partial charge in [0.2, 0.25) is 0 Å². The van der Waals surface area contributed by atoms with Crippen molar-refractivity contribution in [3.05, 3.63) is 36.2 Å². The summed E-state index contributed by atoms with van der Waals surface area (Å²) in [7, 11) is -3.33. The topological polar surface area (TPSA) is 148 Å². The molecule has 0 aliphatic carbocycles. The van der Waals surface area contributed by atoms with Gasteiger partial charge in [-0.3, -0.25) is 4.99 Å². The third-order valence-corrected chi connectivity index (χ3v) is 7.31. The van der Waals surface area contributed by atoms with Crippen molar-refractivity contribution in [3.8, 4) is 5.75 Å². The molecule has 0 saturated carbocycles. The lowest BCUT2D eigenvalue weighted by Crippen LogP contribution is -2.59. The normalized spacial score (nSPS) is 29.0. The monoisotopic (exact) mass is 483 g/mol. The van der Waals surface area contributed by atoms with Crippen LogP contribution in [0.25, 0.3) is 0 Å². The Morgan fingerprint density at radius 3 is 2.91 bits per heavy atom.